The van der Waals surface area contributed by atoms with Crippen LogP contribution in [-0.2, 0) is 22.1 Å². The van der Waals surface area contributed by atoms with Crippen LogP contribution in [0.1, 0.15) is 51.2 Å². The van der Waals surface area contributed by atoms with Gasteiger partial charge in [0.05, 0.1) is 0 Å². The van der Waals surface area contributed by atoms with Gasteiger partial charge in [0.2, 0.25) is 5.91 Å². The molecule has 0 unspecified atom stereocenters. The molecular formula is C17H27NO2S. The lowest BCUT2D eigenvalue weighted by molar-refractivity contribution is -0.131. The zero-order valence-electron chi connectivity index (χ0n) is 13.6. The summed E-state index contributed by atoms with van der Waals surface area (Å²) in [5.74, 6) is 1.70. The van der Waals surface area contributed by atoms with Crippen LogP contribution in [-0.4, -0.2) is 33.1 Å². The third-order valence-electron chi connectivity index (χ3n) is 3.62. The maximum absolute atomic E-state index is 12.2. The lowest BCUT2D eigenvalue weighted by Gasteiger charge is -2.21. The minimum Gasteiger partial charge on any atom is -0.339 e. The Bertz CT molecular complexity index is 468. The first-order valence-electron chi connectivity index (χ1n) is 7.69. The molecule has 0 aliphatic heterocycles. The first kappa shape index (κ1) is 17.9. The van der Waals surface area contributed by atoms with E-state index in [1.54, 1.807) is 0 Å². The zero-order chi connectivity index (χ0) is 15.8. The smallest absolute Gasteiger partial charge is 0.223 e. The second-order valence-electron chi connectivity index (χ2n) is 5.49. The Morgan fingerprint density at radius 3 is 2.29 bits per heavy atom. The largest absolute Gasteiger partial charge is 0.339 e. The molecule has 0 N–H and O–H groups in total. The van der Waals surface area contributed by atoms with E-state index in [2.05, 4.69) is 38.1 Å². The second kappa shape index (κ2) is 8.98. The van der Waals surface area contributed by atoms with Crippen LogP contribution in [0, 0.1) is 0 Å². The van der Waals surface area contributed by atoms with Gasteiger partial charge in [0, 0.05) is 41.8 Å². The van der Waals surface area contributed by atoms with Gasteiger partial charge in [-0.2, -0.15) is 0 Å². The fraction of sp³-hybridized carbons (Fsp3) is 0.588. The Kier molecular flexibility index (Phi) is 7.65. The minimum absolute atomic E-state index is 0.0900. The van der Waals surface area contributed by atoms with Crippen molar-refractivity contribution in [2.75, 3.05) is 18.1 Å². The van der Waals surface area contributed by atoms with Crippen molar-refractivity contribution in [3.63, 3.8) is 0 Å². The number of rotatable bonds is 8. The van der Waals surface area contributed by atoms with Gasteiger partial charge in [-0.05, 0) is 24.0 Å². The molecule has 21 heavy (non-hydrogen) atoms. The molecular weight excluding hydrogens is 282 g/mol. The highest BCUT2D eigenvalue weighted by molar-refractivity contribution is 7.84. The number of nitrogens with zero attached hydrogens (tertiary/aromatic N) is 1. The van der Waals surface area contributed by atoms with Crippen molar-refractivity contribution in [1.29, 1.82) is 0 Å². The van der Waals surface area contributed by atoms with Crippen molar-refractivity contribution < 1.29 is 9.00 Å². The van der Waals surface area contributed by atoms with Gasteiger partial charge in [-0.15, -0.1) is 0 Å². The summed E-state index contributed by atoms with van der Waals surface area (Å²) >= 11 is 0. The third kappa shape index (κ3) is 6.00. The van der Waals surface area contributed by atoms with Crippen LogP contribution in [0.4, 0.5) is 0 Å². The zero-order valence-corrected chi connectivity index (χ0v) is 14.4. The molecule has 1 rings (SSSR count). The van der Waals surface area contributed by atoms with Crippen LogP contribution in [0.2, 0.25) is 0 Å². The molecule has 1 aromatic rings. The molecule has 1 atom stereocenters. The van der Waals surface area contributed by atoms with Crippen molar-refractivity contribution in [3.8, 4) is 0 Å². The maximum Gasteiger partial charge on any atom is 0.223 e. The van der Waals surface area contributed by atoms with Crippen LogP contribution in [0.5, 0.6) is 0 Å². The second-order valence-corrected chi connectivity index (χ2v) is 7.35. The quantitative estimate of drug-likeness (QED) is 0.739. The highest BCUT2D eigenvalue weighted by atomic mass is 32.2. The van der Waals surface area contributed by atoms with E-state index in [4.69, 9.17) is 0 Å². The van der Waals surface area contributed by atoms with Crippen LogP contribution >= 0.6 is 0 Å². The summed E-state index contributed by atoms with van der Waals surface area (Å²) in [4.78, 5) is 14.0. The van der Waals surface area contributed by atoms with Gasteiger partial charge < -0.3 is 4.90 Å². The number of amides is 1. The topological polar surface area (TPSA) is 37.4 Å². The van der Waals surface area contributed by atoms with Gasteiger partial charge >= 0.3 is 0 Å². The molecule has 118 valence electrons. The van der Waals surface area contributed by atoms with E-state index in [-0.39, 0.29) is 5.91 Å². The Morgan fingerprint density at radius 1 is 1.19 bits per heavy atom. The lowest BCUT2D eigenvalue weighted by atomic mass is 10.0. The first-order valence-corrected chi connectivity index (χ1v) is 9.18. The van der Waals surface area contributed by atoms with Gasteiger partial charge in [0.25, 0.3) is 0 Å². The van der Waals surface area contributed by atoms with Gasteiger partial charge in [0.15, 0.2) is 0 Å². The molecule has 3 nitrogen and oxygen atoms in total. The summed E-state index contributed by atoms with van der Waals surface area (Å²) in [6.45, 7) is 9.52. The monoisotopic (exact) mass is 309 g/mol. The molecule has 1 aromatic carbocycles. The number of carbonyl (C=O) groups excluding carboxylic acids is 1. The molecule has 0 aliphatic carbocycles. The average molecular weight is 309 g/mol. The molecule has 0 saturated heterocycles. The maximum atomic E-state index is 12.2. The Morgan fingerprint density at radius 2 is 1.81 bits per heavy atom. The third-order valence-corrected chi connectivity index (χ3v) is 4.92. The van der Waals surface area contributed by atoms with Crippen LogP contribution in [0.15, 0.2) is 24.3 Å². The molecule has 0 saturated carbocycles. The highest BCUT2D eigenvalue weighted by Crippen LogP contribution is 2.16. The van der Waals surface area contributed by atoms with E-state index in [1.807, 2.05) is 18.7 Å². The minimum atomic E-state index is -0.868. The van der Waals surface area contributed by atoms with E-state index < -0.39 is 10.8 Å². The molecule has 0 radical (unpaired) electrons. The van der Waals surface area contributed by atoms with Crippen molar-refractivity contribution in [2.24, 2.45) is 0 Å². The fourth-order valence-corrected chi connectivity index (χ4v) is 2.80. The van der Waals surface area contributed by atoms with Gasteiger partial charge in [-0.3, -0.25) is 9.00 Å². The summed E-state index contributed by atoms with van der Waals surface area (Å²) in [5, 5.41) is 0. The Hall–Kier alpha value is -1.16. The fourth-order valence-electron chi connectivity index (χ4n) is 2.11. The van der Waals surface area contributed by atoms with Crippen molar-refractivity contribution in [2.45, 2.75) is 46.6 Å². The molecule has 4 heteroatoms. The summed E-state index contributed by atoms with van der Waals surface area (Å²) in [7, 11) is -0.868. The van der Waals surface area contributed by atoms with E-state index in [9.17, 15) is 9.00 Å². The van der Waals surface area contributed by atoms with Crippen molar-refractivity contribution in [3.05, 3.63) is 35.4 Å². The molecule has 1 amide bonds. The van der Waals surface area contributed by atoms with Crippen LogP contribution in [0.25, 0.3) is 0 Å². The summed E-state index contributed by atoms with van der Waals surface area (Å²) in [6.07, 6.45) is 0.373. The predicted molar refractivity (Wildman–Crippen MR) is 89.8 cm³/mol. The number of benzene rings is 1. The molecule has 0 aromatic heterocycles. The number of hydrogen-bond donors (Lipinski definition) is 0. The number of carbonyl (C=O) groups is 1. The van der Waals surface area contributed by atoms with Crippen molar-refractivity contribution >= 4 is 16.7 Å². The van der Waals surface area contributed by atoms with Crippen LogP contribution in [0.3, 0.4) is 0 Å². The van der Waals surface area contributed by atoms with E-state index in [0.717, 1.165) is 5.56 Å². The Balaban J connectivity index is 2.60. The highest BCUT2D eigenvalue weighted by Gasteiger charge is 2.13. The molecule has 0 spiro atoms. The molecule has 0 bridgehead atoms. The molecule has 0 heterocycles. The van der Waals surface area contributed by atoms with Gasteiger partial charge in [-0.25, -0.2) is 0 Å². The Labute approximate surface area is 131 Å². The standard InChI is InChI=1S/C17H27NO2S/c1-5-18(17(19)11-12-21(20)6-2)13-15-7-9-16(10-8-15)14(3)4/h7-10,14H,5-6,11-13H2,1-4H3/t21-/m0/s1. The SMILES string of the molecule is CCN(Cc1ccc(C(C)C)cc1)C(=O)CC[S@@](=O)CC. The van der Waals surface area contributed by atoms with E-state index in [1.165, 1.54) is 5.56 Å². The van der Waals surface area contributed by atoms with Crippen molar-refractivity contribution in [1.82, 2.24) is 4.90 Å². The summed E-state index contributed by atoms with van der Waals surface area (Å²) in [5.41, 5.74) is 2.46. The average Bonchev–Trinajstić information content (AvgIpc) is 2.50. The first-order chi connectivity index (χ1) is 9.97. The van der Waals surface area contributed by atoms with E-state index >= 15 is 0 Å². The molecule has 0 fully saturated rings. The summed E-state index contributed by atoms with van der Waals surface area (Å²) < 4.78 is 11.4. The number of hydrogen-bond acceptors (Lipinski definition) is 2. The van der Waals surface area contributed by atoms with Crippen LogP contribution < -0.4 is 0 Å². The predicted octanol–water partition coefficient (Wildman–Crippen LogP) is 3.32. The van der Waals surface area contributed by atoms with E-state index in [0.29, 0.717) is 36.9 Å². The molecule has 0 aliphatic rings. The summed E-state index contributed by atoms with van der Waals surface area (Å²) in [6, 6.07) is 8.44. The normalized spacial score (nSPS) is 12.4. The van der Waals surface area contributed by atoms with Gasteiger partial charge in [0.1, 0.15) is 0 Å². The lowest BCUT2D eigenvalue weighted by Crippen LogP contribution is -2.31. The van der Waals surface area contributed by atoms with Gasteiger partial charge in [-0.1, -0.05) is 45.0 Å².